The molecule has 0 fully saturated rings. The van der Waals surface area contributed by atoms with Crippen molar-refractivity contribution in [3.63, 3.8) is 0 Å². The molecule has 1 amide bonds. The standard InChI is InChI=1S/C18H20BrN3O/c1-21(2)9-10-22-16-12(5-3-7-14(16)18(20)23)11-13-6-4-8-15(19)17(13)22/h3-8H,9-11H2,1-2H3,(H2,20,23). The topological polar surface area (TPSA) is 49.6 Å². The summed E-state index contributed by atoms with van der Waals surface area (Å²) >= 11 is 3.67. The van der Waals surface area contributed by atoms with Crippen LogP contribution in [0.25, 0.3) is 0 Å². The maximum absolute atomic E-state index is 11.9. The number of benzene rings is 2. The third kappa shape index (κ3) is 2.99. The number of primary amides is 1. The summed E-state index contributed by atoms with van der Waals surface area (Å²) < 4.78 is 1.04. The summed E-state index contributed by atoms with van der Waals surface area (Å²) in [6.45, 7) is 1.67. The molecule has 2 aromatic rings. The second kappa shape index (κ2) is 6.34. The number of anilines is 2. The molecule has 5 heteroatoms. The summed E-state index contributed by atoms with van der Waals surface area (Å²) in [7, 11) is 4.09. The van der Waals surface area contributed by atoms with Crippen LogP contribution in [0.3, 0.4) is 0 Å². The molecule has 0 unspecified atom stereocenters. The van der Waals surface area contributed by atoms with E-state index in [1.165, 1.54) is 5.56 Å². The molecule has 0 bridgehead atoms. The highest BCUT2D eigenvalue weighted by Gasteiger charge is 2.28. The first kappa shape index (κ1) is 16.0. The number of hydrogen-bond donors (Lipinski definition) is 1. The number of likely N-dealkylation sites (N-methyl/N-ethyl adjacent to an activating group) is 1. The van der Waals surface area contributed by atoms with E-state index in [0.717, 1.165) is 40.9 Å². The number of nitrogens with two attached hydrogens (primary N) is 1. The van der Waals surface area contributed by atoms with Gasteiger partial charge in [-0.2, -0.15) is 0 Å². The number of halogens is 1. The van der Waals surface area contributed by atoms with E-state index in [4.69, 9.17) is 5.73 Å². The zero-order valence-electron chi connectivity index (χ0n) is 13.3. The first-order valence-corrected chi connectivity index (χ1v) is 8.39. The van der Waals surface area contributed by atoms with Gasteiger partial charge in [-0.25, -0.2) is 0 Å². The molecular formula is C18H20BrN3O. The zero-order chi connectivity index (χ0) is 16.6. The largest absolute Gasteiger partial charge is 0.366 e. The first-order valence-electron chi connectivity index (χ1n) is 7.60. The quantitative estimate of drug-likeness (QED) is 0.895. The lowest BCUT2D eigenvalue weighted by Crippen LogP contribution is -2.33. The van der Waals surface area contributed by atoms with Gasteiger partial charge in [-0.1, -0.05) is 24.3 Å². The maximum atomic E-state index is 11.9. The van der Waals surface area contributed by atoms with Crippen molar-refractivity contribution in [2.75, 3.05) is 32.1 Å². The van der Waals surface area contributed by atoms with E-state index in [9.17, 15) is 4.79 Å². The van der Waals surface area contributed by atoms with Crippen LogP contribution in [0.2, 0.25) is 0 Å². The second-order valence-electron chi connectivity index (χ2n) is 6.06. The summed E-state index contributed by atoms with van der Waals surface area (Å²) in [4.78, 5) is 16.3. The molecule has 4 nitrogen and oxygen atoms in total. The van der Waals surface area contributed by atoms with E-state index in [1.54, 1.807) is 0 Å². The first-order chi connectivity index (χ1) is 11.0. The van der Waals surface area contributed by atoms with E-state index in [1.807, 2.05) is 32.3 Å². The Morgan fingerprint density at radius 1 is 1.17 bits per heavy atom. The molecule has 2 N–H and O–H groups in total. The fourth-order valence-corrected chi connectivity index (χ4v) is 3.72. The van der Waals surface area contributed by atoms with E-state index < -0.39 is 0 Å². The van der Waals surface area contributed by atoms with Crippen molar-refractivity contribution in [1.82, 2.24) is 4.90 Å². The van der Waals surface area contributed by atoms with Crippen molar-refractivity contribution in [3.8, 4) is 0 Å². The third-order valence-electron chi connectivity index (χ3n) is 4.15. The van der Waals surface area contributed by atoms with Crippen molar-refractivity contribution in [2.24, 2.45) is 5.73 Å². The Kier molecular flexibility index (Phi) is 4.41. The van der Waals surface area contributed by atoms with Gasteiger partial charge in [0.05, 0.1) is 16.9 Å². The fourth-order valence-electron chi connectivity index (χ4n) is 3.10. The SMILES string of the molecule is CN(C)CCN1c2c(Br)cccc2Cc2cccc(C(N)=O)c21. The average molecular weight is 374 g/mol. The van der Waals surface area contributed by atoms with Crippen molar-refractivity contribution < 1.29 is 4.79 Å². The van der Waals surface area contributed by atoms with Crippen LogP contribution >= 0.6 is 15.9 Å². The van der Waals surface area contributed by atoms with E-state index in [2.05, 4.69) is 43.9 Å². The van der Waals surface area contributed by atoms with Crippen LogP contribution in [-0.2, 0) is 6.42 Å². The predicted molar refractivity (Wildman–Crippen MR) is 97.5 cm³/mol. The van der Waals surface area contributed by atoms with Crippen molar-refractivity contribution in [3.05, 3.63) is 57.6 Å². The number of nitrogens with zero attached hydrogens (tertiary/aromatic N) is 2. The predicted octanol–water partition coefficient (Wildman–Crippen LogP) is 3.15. The number of carbonyl (C=O) groups excluding carboxylic acids is 1. The summed E-state index contributed by atoms with van der Waals surface area (Å²) in [5.41, 5.74) is 10.7. The molecule has 1 aliphatic heterocycles. The molecule has 3 rings (SSSR count). The minimum absolute atomic E-state index is 0.382. The van der Waals surface area contributed by atoms with Crippen molar-refractivity contribution >= 4 is 33.2 Å². The zero-order valence-corrected chi connectivity index (χ0v) is 14.9. The number of fused-ring (bicyclic) bond motifs is 2. The van der Waals surface area contributed by atoms with Gasteiger partial charge in [-0.3, -0.25) is 4.79 Å². The Morgan fingerprint density at radius 2 is 1.83 bits per heavy atom. The van der Waals surface area contributed by atoms with Crippen LogP contribution in [0, 0.1) is 0 Å². The molecule has 0 aromatic heterocycles. The van der Waals surface area contributed by atoms with Gasteiger partial charge < -0.3 is 15.5 Å². The number of para-hydroxylation sites is 2. The lowest BCUT2D eigenvalue weighted by Gasteiger charge is -2.36. The van der Waals surface area contributed by atoms with Crippen molar-refractivity contribution in [1.29, 1.82) is 0 Å². The molecule has 0 aliphatic carbocycles. The van der Waals surface area contributed by atoms with Crippen molar-refractivity contribution in [2.45, 2.75) is 6.42 Å². The molecule has 1 aliphatic rings. The molecule has 0 saturated heterocycles. The lowest BCUT2D eigenvalue weighted by molar-refractivity contribution is 0.100. The molecule has 1 heterocycles. The third-order valence-corrected chi connectivity index (χ3v) is 4.79. The monoisotopic (exact) mass is 373 g/mol. The Balaban J connectivity index is 2.18. The van der Waals surface area contributed by atoms with Gasteiger partial charge in [0.25, 0.3) is 5.91 Å². The molecule has 0 radical (unpaired) electrons. The number of amides is 1. The van der Waals surface area contributed by atoms with E-state index in [0.29, 0.717) is 5.56 Å². The van der Waals surface area contributed by atoms with Gasteiger partial charge in [-0.15, -0.1) is 0 Å². The van der Waals surface area contributed by atoms with Gasteiger partial charge in [0.15, 0.2) is 0 Å². The molecule has 2 aromatic carbocycles. The summed E-state index contributed by atoms with van der Waals surface area (Å²) in [5.74, 6) is -0.382. The van der Waals surface area contributed by atoms with Gasteiger partial charge in [0.2, 0.25) is 0 Å². The Labute approximate surface area is 145 Å². The summed E-state index contributed by atoms with van der Waals surface area (Å²) in [6, 6.07) is 12.0. The molecule has 0 spiro atoms. The number of rotatable bonds is 4. The Morgan fingerprint density at radius 3 is 2.48 bits per heavy atom. The summed E-state index contributed by atoms with van der Waals surface area (Å²) in [5, 5.41) is 0. The Hall–Kier alpha value is -1.85. The number of carbonyl (C=O) groups is 1. The minimum Gasteiger partial charge on any atom is -0.366 e. The molecule has 0 saturated carbocycles. The normalized spacial score (nSPS) is 13.0. The highest BCUT2D eigenvalue weighted by atomic mass is 79.9. The lowest BCUT2D eigenvalue weighted by atomic mass is 9.92. The summed E-state index contributed by atoms with van der Waals surface area (Å²) in [6.07, 6.45) is 0.809. The highest BCUT2D eigenvalue weighted by molar-refractivity contribution is 9.10. The second-order valence-corrected chi connectivity index (χ2v) is 6.91. The smallest absolute Gasteiger partial charge is 0.250 e. The Bertz CT molecular complexity index is 758. The van der Waals surface area contributed by atoms with Gasteiger partial charge in [-0.05, 0) is 53.3 Å². The minimum atomic E-state index is -0.382. The van der Waals surface area contributed by atoms with Gasteiger partial charge >= 0.3 is 0 Å². The van der Waals surface area contributed by atoms with Gasteiger partial charge in [0, 0.05) is 24.0 Å². The van der Waals surface area contributed by atoms with Crippen LogP contribution < -0.4 is 10.6 Å². The van der Waals surface area contributed by atoms with Crippen LogP contribution in [0.1, 0.15) is 21.5 Å². The number of hydrogen-bond acceptors (Lipinski definition) is 3. The molecule has 23 heavy (non-hydrogen) atoms. The average Bonchev–Trinajstić information content (AvgIpc) is 2.50. The van der Waals surface area contributed by atoms with Gasteiger partial charge in [0.1, 0.15) is 0 Å². The van der Waals surface area contributed by atoms with Crippen LogP contribution in [-0.4, -0.2) is 38.0 Å². The van der Waals surface area contributed by atoms with E-state index >= 15 is 0 Å². The molecular weight excluding hydrogens is 354 g/mol. The van der Waals surface area contributed by atoms with Crippen LogP contribution in [0.5, 0.6) is 0 Å². The van der Waals surface area contributed by atoms with Crippen LogP contribution in [0.15, 0.2) is 40.9 Å². The fraction of sp³-hybridized carbons (Fsp3) is 0.278. The maximum Gasteiger partial charge on any atom is 0.250 e. The van der Waals surface area contributed by atoms with E-state index in [-0.39, 0.29) is 5.91 Å². The molecule has 120 valence electrons. The van der Waals surface area contributed by atoms with Crippen LogP contribution in [0.4, 0.5) is 11.4 Å². The molecule has 0 atom stereocenters. The highest BCUT2D eigenvalue weighted by Crippen LogP contribution is 2.43.